The van der Waals surface area contributed by atoms with Crippen molar-refractivity contribution in [1.29, 1.82) is 0 Å². The number of hydrogen-bond donors (Lipinski definition) is 0. The van der Waals surface area contributed by atoms with Crippen molar-refractivity contribution < 1.29 is 12.9 Å². The summed E-state index contributed by atoms with van der Waals surface area (Å²) in [5.41, 5.74) is 4.02. The summed E-state index contributed by atoms with van der Waals surface area (Å²) in [6.45, 7) is 6.35. The van der Waals surface area contributed by atoms with Crippen LogP contribution in [0.5, 0.6) is 0 Å². The minimum Gasteiger partial charge on any atom is -0.337 e. The third-order valence-electron chi connectivity index (χ3n) is 5.33. The van der Waals surface area contributed by atoms with E-state index in [1.54, 1.807) is 12.1 Å². The van der Waals surface area contributed by atoms with Gasteiger partial charge >= 0.3 is 0 Å². The summed E-state index contributed by atoms with van der Waals surface area (Å²) in [4.78, 5) is 4.80. The lowest BCUT2D eigenvalue weighted by molar-refractivity contribution is 0.290. The Labute approximate surface area is 165 Å². The Kier molecular flexibility index (Phi) is 4.81. The first-order valence-corrected chi connectivity index (χ1v) is 10.8. The number of sulfonamides is 1. The Hall–Kier alpha value is -2.51. The molecule has 1 saturated heterocycles. The van der Waals surface area contributed by atoms with E-state index in [9.17, 15) is 8.42 Å². The van der Waals surface area contributed by atoms with Crippen LogP contribution in [0.2, 0.25) is 0 Å². The van der Waals surface area contributed by atoms with Crippen LogP contribution >= 0.6 is 0 Å². The average molecular weight is 398 g/mol. The zero-order valence-electron chi connectivity index (χ0n) is 16.2. The quantitative estimate of drug-likeness (QED) is 0.660. The molecular formula is C21H23N3O3S. The van der Waals surface area contributed by atoms with Crippen molar-refractivity contribution in [1.82, 2.24) is 14.4 Å². The standard InChI is InChI=1S/C21H23N3O3S/c1-14-6-9-17(10-7-14)20-22-21(27-23-20)19-5-4-12-24(19)28(25,26)18-11-8-15(2)16(3)13-18/h6-11,13,19H,4-5,12H2,1-3H3. The van der Waals surface area contributed by atoms with Gasteiger partial charge in [-0.05, 0) is 56.9 Å². The molecule has 0 amide bonds. The van der Waals surface area contributed by atoms with Crippen LogP contribution < -0.4 is 0 Å². The lowest BCUT2D eigenvalue weighted by Crippen LogP contribution is -2.31. The monoisotopic (exact) mass is 397 g/mol. The van der Waals surface area contributed by atoms with E-state index in [1.165, 1.54) is 4.31 Å². The van der Waals surface area contributed by atoms with Gasteiger partial charge in [-0.15, -0.1) is 0 Å². The SMILES string of the molecule is Cc1ccc(-c2noc(C3CCCN3S(=O)(=O)c3ccc(C)c(C)c3)n2)cc1. The Balaban J connectivity index is 1.65. The first-order chi connectivity index (χ1) is 13.4. The van der Waals surface area contributed by atoms with Crippen molar-refractivity contribution in [3.8, 4) is 11.4 Å². The molecule has 0 radical (unpaired) electrons. The molecule has 0 bridgehead atoms. The molecule has 0 aliphatic carbocycles. The van der Waals surface area contributed by atoms with Crippen molar-refractivity contribution >= 4 is 10.0 Å². The van der Waals surface area contributed by atoms with Gasteiger partial charge in [0.05, 0.1) is 4.90 Å². The third-order valence-corrected chi connectivity index (χ3v) is 7.23. The molecule has 1 unspecified atom stereocenters. The molecule has 7 heteroatoms. The van der Waals surface area contributed by atoms with Crippen LogP contribution in [0.3, 0.4) is 0 Å². The molecule has 1 aliphatic rings. The normalized spacial score (nSPS) is 17.9. The van der Waals surface area contributed by atoms with Crippen LogP contribution in [0, 0.1) is 20.8 Å². The maximum atomic E-state index is 13.2. The maximum absolute atomic E-state index is 13.2. The summed E-state index contributed by atoms with van der Waals surface area (Å²) in [6.07, 6.45) is 1.43. The van der Waals surface area contributed by atoms with Crippen LogP contribution in [0.4, 0.5) is 0 Å². The van der Waals surface area contributed by atoms with Crippen LogP contribution in [0.25, 0.3) is 11.4 Å². The van der Waals surface area contributed by atoms with E-state index in [-0.39, 0.29) is 0 Å². The molecule has 1 fully saturated rings. The lowest BCUT2D eigenvalue weighted by atomic mass is 10.1. The first-order valence-electron chi connectivity index (χ1n) is 9.36. The van der Waals surface area contributed by atoms with Crippen molar-refractivity contribution in [2.75, 3.05) is 6.54 Å². The molecule has 6 nitrogen and oxygen atoms in total. The van der Waals surface area contributed by atoms with E-state index in [1.807, 2.05) is 51.1 Å². The highest BCUT2D eigenvalue weighted by Gasteiger charge is 2.39. The highest BCUT2D eigenvalue weighted by atomic mass is 32.2. The summed E-state index contributed by atoms with van der Waals surface area (Å²) in [6, 6.07) is 12.6. The predicted molar refractivity (Wildman–Crippen MR) is 106 cm³/mol. The lowest BCUT2D eigenvalue weighted by Gasteiger charge is -2.21. The van der Waals surface area contributed by atoms with Gasteiger partial charge in [-0.2, -0.15) is 9.29 Å². The largest absolute Gasteiger partial charge is 0.337 e. The molecule has 28 heavy (non-hydrogen) atoms. The van der Waals surface area contributed by atoms with Crippen LogP contribution in [-0.4, -0.2) is 29.4 Å². The zero-order chi connectivity index (χ0) is 19.9. The summed E-state index contributed by atoms with van der Waals surface area (Å²) in [7, 11) is -3.63. The van der Waals surface area contributed by atoms with E-state index >= 15 is 0 Å². The Morgan fingerprint density at radius 3 is 2.50 bits per heavy atom. The number of aromatic nitrogens is 2. The molecule has 0 spiro atoms. The smallest absolute Gasteiger partial charge is 0.245 e. The summed E-state index contributed by atoms with van der Waals surface area (Å²) in [5.74, 6) is 0.825. The summed E-state index contributed by atoms with van der Waals surface area (Å²) < 4.78 is 33.4. The Morgan fingerprint density at radius 2 is 1.79 bits per heavy atom. The number of nitrogens with zero attached hydrogens (tertiary/aromatic N) is 3. The second kappa shape index (κ2) is 7.14. The van der Waals surface area contributed by atoms with Gasteiger partial charge in [0.1, 0.15) is 6.04 Å². The number of benzene rings is 2. The summed E-state index contributed by atoms with van der Waals surface area (Å²) >= 11 is 0. The minimum absolute atomic E-state index is 0.306. The second-order valence-corrected chi connectivity index (χ2v) is 9.23. The van der Waals surface area contributed by atoms with Crippen LogP contribution in [-0.2, 0) is 10.0 Å². The van der Waals surface area contributed by atoms with Gasteiger partial charge < -0.3 is 4.52 Å². The number of rotatable bonds is 4. The van der Waals surface area contributed by atoms with Gasteiger partial charge in [-0.3, -0.25) is 0 Å². The number of hydrogen-bond acceptors (Lipinski definition) is 5. The van der Waals surface area contributed by atoms with Crippen molar-refractivity contribution in [3.63, 3.8) is 0 Å². The van der Waals surface area contributed by atoms with Crippen LogP contribution in [0.15, 0.2) is 51.9 Å². The molecule has 2 heterocycles. The highest BCUT2D eigenvalue weighted by molar-refractivity contribution is 7.89. The van der Waals surface area contributed by atoms with E-state index in [0.717, 1.165) is 28.7 Å². The highest BCUT2D eigenvalue weighted by Crippen LogP contribution is 2.36. The minimum atomic E-state index is -3.63. The van der Waals surface area contributed by atoms with Crippen molar-refractivity contribution in [2.24, 2.45) is 0 Å². The topological polar surface area (TPSA) is 76.3 Å². The molecular weight excluding hydrogens is 374 g/mol. The van der Waals surface area contributed by atoms with Crippen molar-refractivity contribution in [3.05, 3.63) is 65.0 Å². The first kappa shape index (κ1) is 18.8. The maximum Gasteiger partial charge on any atom is 0.245 e. The zero-order valence-corrected chi connectivity index (χ0v) is 17.0. The molecule has 0 saturated carbocycles. The average Bonchev–Trinajstić information content (AvgIpc) is 3.33. The Morgan fingerprint density at radius 1 is 1.04 bits per heavy atom. The van der Waals surface area contributed by atoms with Gasteiger partial charge in [0.15, 0.2) is 0 Å². The fourth-order valence-electron chi connectivity index (χ4n) is 3.47. The van der Waals surface area contributed by atoms with Crippen molar-refractivity contribution in [2.45, 2.75) is 44.6 Å². The molecule has 1 aromatic heterocycles. The molecule has 0 N–H and O–H groups in total. The van der Waals surface area contributed by atoms with Crippen LogP contribution in [0.1, 0.15) is 41.5 Å². The fourth-order valence-corrected chi connectivity index (χ4v) is 5.21. The number of aryl methyl sites for hydroxylation is 3. The predicted octanol–water partition coefficient (Wildman–Crippen LogP) is 4.19. The third kappa shape index (κ3) is 3.36. The van der Waals surface area contributed by atoms with Gasteiger partial charge in [0, 0.05) is 12.1 Å². The molecule has 146 valence electrons. The second-order valence-electron chi connectivity index (χ2n) is 7.34. The molecule has 1 aliphatic heterocycles. The van der Waals surface area contributed by atoms with E-state index in [2.05, 4.69) is 10.1 Å². The molecule has 2 aromatic carbocycles. The molecule has 3 aromatic rings. The van der Waals surface area contributed by atoms with Gasteiger partial charge in [0.25, 0.3) is 0 Å². The molecule has 1 atom stereocenters. The summed E-state index contributed by atoms with van der Waals surface area (Å²) in [5, 5.41) is 4.07. The van der Waals surface area contributed by atoms with Gasteiger partial charge in [-0.1, -0.05) is 41.1 Å². The Bertz CT molecular complexity index is 1100. The van der Waals surface area contributed by atoms with E-state index in [4.69, 9.17) is 4.52 Å². The van der Waals surface area contributed by atoms with Gasteiger partial charge in [-0.25, -0.2) is 8.42 Å². The fraction of sp³-hybridized carbons (Fsp3) is 0.333. The van der Waals surface area contributed by atoms with Gasteiger partial charge in [0.2, 0.25) is 21.7 Å². The molecule has 4 rings (SSSR count). The van der Waals surface area contributed by atoms with E-state index in [0.29, 0.717) is 29.6 Å². The van der Waals surface area contributed by atoms with E-state index < -0.39 is 16.1 Å².